The monoisotopic (exact) mass is 469 g/mol. The van der Waals surface area contributed by atoms with Gasteiger partial charge >= 0.3 is 5.97 Å². The van der Waals surface area contributed by atoms with E-state index >= 15 is 0 Å². The summed E-state index contributed by atoms with van der Waals surface area (Å²) < 4.78 is 0. The molecule has 0 saturated heterocycles. The zero-order chi connectivity index (χ0) is 24.4. The van der Waals surface area contributed by atoms with Crippen LogP contribution in [0.4, 0.5) is 0 Å². The van der Waals surface area contributed by atoms with Gasteiger partial charge in [-0.2, -0.15) is 12.6 Å². The molecule has 1 aromatic rings. The van der Waals surface area contributed by atoms with E-state index in [2.05, 4.69) is 28.6 Å². The lowest BCUT2D eigenvalue weighted by Crippen LogP contribution is -2.57. The molecule has 0 radical (unpaired) electrons. The molecule has 0 spiro atoms. The molecule has 4 atom stereocenters. The number of phenolic OH excluding ortho intramolecular Hbond substituents is 1. The number of primary amides is 1. The van der Waals surface area contributed by atoms with Gasteiger partial charge in [-0.15, -0.1) is 0 Å². The first-order valence-electron chi connectivity index (χ1n) is 9.51. The van der Waals surface area contributed by atoms with Gasteiger partial charge in [-0.3, -0.25) is 19.2 Å². The van der Waals surface area contributed by atoms with E-state index in [9.17, 15) is 29.1 Å². The number of phenols is 1. The zero-order valence-corrected chi connectivity index (χ0v) is 18.2. The number of hydrogen-bond acceptors (Lipinski definition) is 8. The van der Waals surface area contributed by atoms with Crippen molar-refractivity contribution in [2.75, 3.05) is 5.75 Å². The van der Waals surface area contributed by atoms with Crippen molar-refractivity contribution in [3.63, 3.8) is 0 Å². The van der Waals surface area contributed by atoms with Crippen LogP contribution in [0.5, 0.6) is 5.75 Å². The number of amides is 4. The molecule has 9 N–H and O–H groups in total. The molecule has 0 heterocycles. The fourth-order valence-corrected chi connectivity index (χ4v) is 2.79. The summed E-state index contributed by atoms with van der Waals surface area (Å²) >= 11 is 4.03. The number of hydrogen-bond donors (Lipinski definition) is 8. The number of thiol groups is 1. The van der Waals surface area contributed by atoms with Crippen LogP contribution in [0.2, 0.25) is 0 Å². The zero-order valence-electron chi connectivity index (χ0n) is 17.3. The summed E-state index contributed by atoms with van der Waals surface area (Å²) in [7, 11) is 0. The van der Waals surface area contributed by atoms with Gasteiger partial charge in [-0.1, -0.05) is 12.1 Å². The second-order valence-corrected chi connectivity index (χ2v) is 7.39. The summed E-state index contributed by atoms with van der Waals surface area (Å²) in [5.41, 5.74) is 11.5. The highest BCUT2D eigenvalue weighted by molar-refractivity contribution is 7.80. The molecule has 0 saturated carbocycles. The van der Waals surface area contributed by atoms with Gasteiger partial charge < -0.3 is 37.6 Å². The van der Waals surface area contributed by atoms with Gasteiger partial charge in [0.2, 0.25) is 23.6 Å². The Morgan fingerprint density at radius 1 is 0.969 bits per heavy atom. The van der Waals surface area contributed by atoms with Gasteiger partial charge in [0.25, 0.3) is 0 Å². The maximum atomic E-state index is 12.4. The standard InChI is InChI=1S/C19H27N5O7S/c1-9(16(27)23-13(19(30)31)7-15(21)26)22-18(29)14(8-32)24-17(28)12(20)6-10-2-4-11(25)5-3-10/h2-5,9,12-14,25,32H,6-8,20H2,1H3,(H2,21,26)(H,22,29)(H,23,27)(H,24,28)(H,30,31). The van der Waals surface area contributed by atoms with E-state index in [1.807, 2.05) is 0 Å². The molecular weight excluding hydrogens is 442 g/mol. The Labute approximate surface area is 189 Å². The van der Waals surface area contributed by atoms with Crippen LogP contribution in [0.15, 0.2) is 24.3 Å². The van der Waals surface area contributed by atoms with E-state index < -0.39 is 60.2 Å². The molecule has 13 heteroatoms. The number of rotatable bonds is 12. The van der Waals surface area contributed by atoms with E-state index in [0.29, 0.717) is 5.56 Å². The van der Waals surface area contributed by atoms with E-state index in [-0.39, 0.29) is 17.9 Å². The van der Waals surface area contributed by atoms with Crippen molar-refractivity contribution in [1.82, 2.24) is 16.0 Å². The van der Waals surface area contributed by atoms with Gasteiger partial charge in [-0.05, 0) is 31.0 Å². The summed E-state index contributed by atoms with van der Waals surface area (Å²) in [5.74, 6) is -4.64. The number of carbonyl (C=O) groups is 5. The van der Waals surface area contributed by atoms with Crippen molar-refractivity contribution in [1.29, 1.82) is 0 Å². The van der Waals surface area contributed by atoms with Crippen LogP contribution in [0.1, 0.15) is 18.9 Å². The number of nitrogens with two attached hydrogens (primary N) is 2. The third-order valence-corrected chi connectivity index (χ3v) is 4.68. The fraction of sp³-hybridized carbons (Fsp3) is 0.421. The Balaban J connectivity index is 2.65. The summed E-state index contributed by atoms with van der Waals surface area (Å²) in [4.78, 5) is 59.0. The minimum atomic E-state index is -1.54. The number of aromatic hydroxyl groups is 1. The van der Waals surface area contributed by atoms with Crippen molar-refractivity contribution in [2.45, 2.75) is 43.9 Å². The molecule has 176 valence electrons. The Hall–Kier alpha value is -3.32. The number of carbonyl (C=O) groups excluding carboxylic acids is 4. The lowest BCUT2D eigenvalue weighted by Gasteiger charge is -2.22. The third kappa shape index (κ3) is 8.81. The molecule has 0 aliphatic heterocycles. The molecule has 0 aromatic heterocycles. The molecule has 4 amide bonds. The number of benzene rings is 1. The Morgan fingerprint density at radius 2 is 1.53 bits per heavy atom. The average molecular weight is 470 g/mol. The molecule has 12 nitrogen and oxygen atoms in total. The molecule has 1 rings (SSSR count). The largest absolute Gasteiger partial charge is 0.508 e. The van der Waals surface area contributed by atoms with Crippen molar-refractivity contribution in [3.8, 4) is 5.75 Å². The summed E-state index contributed by atoms with van der Waals surface area (Å²) in [6, 6.07) is 1.29. The van der Waals surface area contributed by atoms with Crippen molar-refractivity contribution in [3.05, 3.63) is 29.8 Å². The predicted octanol–water partition coefficient (Wildman–Crippen LogP) is -2.37. The van der Waals surface area contributed by atoms with Crippen LogP contribution in [0, 0.1) is 0 Å². The maximum Gasteiger partial charge on any atom is 0.326 e. The van der Waals surface area contributed by atoms with Crippen molar-refractivity contribution >= 4 is 42.2 Å². The predicted molar refractivity (Wildman–Crippen MR) is 117 cm³/mol. The van der Waals surface area contributed by atoms with Crippen LogP contribution in [0.25, 0.3) is 0 Å². The Morgan fingerprint density at radius 3 is 2.03 bits per heavy atom. The highest BCUT2D eigenvalue weighted by atomic mass is 32.1. The normalized spacial score (nSPS) is 14.3. The topological polar surface area (TPSA) is 214 Å². The van der Waals surface area contributed by atoms with Crippen LogP contribution in [-0.4, -0.2) is 69.7 Å². The summed E-state index contributed by atoms with van der Waals surface area (Å²) in [5, 5.41) is 25.2. The minimum absolute atomic E-state index is 0.0704. The molecule has 0 aliphatic rings. The van der Waals surface area contributed by atoms with Crippen LogP contribution < -0.4 is 27.4 Å². The van der Waals surface area contributed by atoms with Gasteiger partial charge in [0.15, 0.2) is 0 Å². The SMILES string of the molecule is CC(NC(=O)C(CS)NC(=O)C(N)Cc1ccc(O)cc1)C(=O)NC(CC(N)=O)C(=O)O. The quantitative estimate of drug-likeness (QED) is 0.154. The lowest BCUT2D eigenvalue weighted by atomic mass is 10.1. The Bertz CT molecular complexity index is 849. The number of nitrogens with one attached hydrogen (secondary N) is 3. The van der Waals surface area contributed by atoms with Crippen molar-refractivity contribution < 1.29 is 34.2 Å². The van der Waals surface area contributed by atoms with E-state index in [1.165, 1.54) is 19.1 Å². The third-order valence-electron chi connectivity index (χ3n) is 4.32. The first-order valence-corrected chi connectivity index (χ1v) is 10.1. The molecular formula is C19H27N5O7S. The molecule has 32 heavy (non-hydrogen) atoms. The smallest absolute Gasteiger partial charge is 0.326 e. The average Bonchev–Trinajstić information content (AvgIpc) is 2.72. The first kappa shape index (κ1) is 26.7. The second-order valence-electron chi connectivity index (χ2n) is 7.02. The lowest BCUT2D eigenvalue weighted by molar-refractivity contribution is -0.143. The van der Waals surface area contributed by atoms with Crippen LogP contribution in [0.3, 0.4) is 0 Å². The number of carboxylic acid groups (broad SMARTS) is 1. The van der Waals surface area contributed by atoms with Crippen LogP contribution in [-0.2, 0) is 30.4 Å². The molecule has 0 bridgehead atoms. The fourth-order valence-electron chi connectivity index (χ4n) is 2.53. The first-order chi connectivity index (χ1) is 14.9. The highest BCUT2D eigenvalue weighted by Gasteiger charge is 2.28. The summed E-state index contributed by atoms with van der Waals surface area (Å²) in [6.45, 7) is 1.30. The molecule has 0 fully saturated rings. The number of aliphatic carboxylic acids is 1. The number of carboxylic acids is 1. The van der Waals surface area contributed by atoms with Crippen molar-refractivity contribution in [2.24, 2.45) is 11.5 Å². The highest BCUT2D eigenvalue weighted by Crippen LogP contribution is 2.11. The molecule has 0 aliphatic carbocycles. The molecule has 4 unspecified atom stereocenters. The van der Waals surface area contributed by atoms with Gasteiger partial charge in [0.05, 0.1) is 12.5 Å². The van der Waals surface area contributed by atoms with Crippen LogP contribution >= 0.6 is 12.6 Å². The molecule has 1 aromatic carbocycles. The van der Waals surface area contributed by atoms with E-state index in [4.69, 9.17) is 16.6 Å². The van der Waals surface area contributed by atoms with Gasteiger partial charge in [0.1, 0.15) is 23.9 Å². The van der Waals surface area contributed by atoms with E-state index in [1.54, 1.807) is 12.1 Å². The van der Waals surface area contributed by atoms with Gasteiger partial charge in [0, 0.05) is 5.75 Å². The Kier molecular flexibility index (Phi) is 10.4. The second kappa shape index (κ2) is 12.5. The summed E-state index contributed by atoms with van der Waals surface area (Å²) in [6.07, 6.45) is -0.460. The minimum Gasteiger partial charge on any atom is -0.508 e. The maximum absolute atomic E-state index is 12.4. The van der Waals surface area contributed by atoms with E-state index in [0.717, 1.165) is 0 Å². The van der Waals surface area contributed by atoms with Gasteiger partial charge in [-0.25, -0.2) is 4.79 Å².